The average molecular weight is 446 g/mol. The first kappa shape index (κ1) is 22.0. The summed E-state index contributed by atoms with van der Waals surface area (Å²) in [5.74, 6) is 0. The number of fused-ring (bicyclic) bond motifs is 2. The molecule has 0 bridgehead atoms. The fraction of sp³-hybridized carbons (Fsp3) is 0.464. The van der Waals surface area contributed by atoms with Crippen LogP contribution in [0.2, 0.25) is 0 Å². The summed E-state index contributed by atoms with van der Waals surface area (Å²) in [4.78, 5) is 15.0. The van der Waals surface area contributed by atoms with Crippen molar-refractivity contribution in [1.82, 2.24) is 14.8 Å². The number of hydrogen-bond acceptors (Lipinski definition) is 3. The SMILES string of the molecule is CN1C[C@](C)(CNC(=O)OCc2ccccc2)C[C@]2(C)c3cccc4c3c(cn4C)C[C@@]12C. The highest BCUT2D eigenvalue weighted by atomic mass is 16.5. The average Bonchev–Trinajstić information content (AvgIpc) is 3.10. The number of rotatable bonds is 4. The minimum Gasteiger partial charge on any atom is -0.445 e. The zero-order valence-electron chi connectivity index (χ0n) is 20.4. The summed E-state index contributed by atoms with van der Waals surface area (Å²) in [7, 11) is 4.39. The van der Waals surface area contributed by atoms with Crippen LogP contribution in [0.1, 0.15) is 43.9 Å². The number of alkyl carbamates (subject to hydrolysis) is 1. The van der Waals surface area contributed by atoms with E-state index in [0.29, 0.717) is 6.54 Å². The highest BCUT2D eigenvalue weighted by Gasteiger charge is 2.58. The number of amides is 1. The van der Waals surface area contributed by atoms with Gasteiger partial charge in [-0.15, -0.1) is 0 Å². The van der Waals surface area contributed by atoms with Crippen LogP contribution in [-0.2, 0) is 30.2 Å². The Balaban J connectivity index is 1.38. The molecule has 0 spiro atoms. The molecule has 1 saturated heterocycles. The lowest BCUT2D eigenvalue weighted by Gasteiger charge is -2.62. The molecule has 1 aromatic heterocycles. The fourth-order valence-corrected chi connectivity index (χ4v) is 6.67. The van der Waals surface area contributed by atoms with Crippen LogP contribution in [-0.4, -0.2) is 41.2 Å². The van der Waals surface area contributed by atoms with Crippen LogP contribution < -0.4 is 5.32 Å². The van der Waals surface area contributed by atoms with E-state index in [1.807, 2.05) is 30.3 Å². The van der Waals surface area contributed by atoms with Gasteiger partial charge in [0.05, 0.1) is 0 Å². The monoisotopic (exact) mass is 445 g/mol. The smallest absolute Gasteiger partial charge is 0.407 e. The molecule has 3 aromatic rings. The number of hydrogen-bond donors (Lipinski definition) is 1. The van der Waals surface area contributed by atoms with Crippen molar-refractivity contribution in [3.8, 4) is 0 Å². The van der Waals surface area contributed by atoms with Crippen molar-refractivity contribution in [1.29, 1.82) is 0 Å². The molecule has 1 aliphatic heterocycles. The van der Waals surface area contributed by atoms with Gasteiger partial charge in [0.2, 0.25) is 0 Å². The van der Waals surface area contributed by atoms with E-state index in [2.05, 4.69) is 74.0 Å². The van der Waals surface area contributed by atoms with E-state index in [4.69, 9.17) is 4.74 Å². The standard InChI is InChI=1S/C28H35N3O2/c1-26(18-29-25(32)33-16-20-10-7-6-8-11-20)17-27(2)22-12-9-13-23-24(22)21(15-30(23)4)14-28(27,3)31(5)19-26/h6-13,15H,14,16-19H2,1-5H3,(H,29,32)/t26-,27+,28+/m0/s1. The third kappa shape index (κ3) is 3.45. The van der Waals surface area contributed by atoms with Gasteiger partial charge in [-0.05, 0) is 55.0 Å². The molecule has 174 valence electrons. The van der Waals surface area contributed by atoms with Gasteiger partial charge in [-0.25, -0.2) is 4.79 Å². The Morgan fingerprint density at radius 3 is 2.58 bits per heavy atom. The van der Waals surface area contributed by atoms with E-state index in [-0.39, 0.29) is 29.1 Å². The second kappa shape index (κ2) is 7.63. The largest absolute Gasteiger partial charge is 0.445 e. The predicted octanol–water partition coefficient (Wildman–Crippen LogP) is 5.02. The second-order valence-electron chi connectivity index (χ2n) is 11.0. The van der Waals surface area contributed by atoms with Gasteiger partial charge in [0.25, 0.3) is 0 Å². The van der Waals surface area contributed by atoms with Crippen LogP contribution in [0, 0.1) is 5.41 Å². The Hall–Kier alpha value is -2.79. The molecule has 2 heterocycles. The zero-order chi connectivity index (χ0) is 23.4. The van der Waals surface area contributed by atoms with E-state index in [1.165, 1.54) is 22.0 Å². The first-order valence-corrected chi connectivity index (χ1v) is 11.9. The third-order valence-corrected chi connectivity index (χ3v) is 8.52. The Morgan fingerprint density at radius 2 is 1.82 bits per heavy atom. The lowest BCUT2D eigenvalue weighted by molar-refractivity contribution is -0.0542. The molecule has 3 atom stereocenters. The summed E-state index contributed by atoms with van der Waals surface area (Å²) in [5, 5.41) is 4.49. The molecule has 33 heavy (non-hydrogen) atoms. The summed E-state index contributed by atoms with van der Waals surface area (Å²) in [6.07, 6.45) is 4.01. The van der Waals surface area contributed by atoms with Gasteiger partial charge in [0, 0.05) is 48.2 Å². The molecule has 0 saturated carbocycles. The van der Waals surface area contributed by atoms with Crippen LogP contribution in [0.4, 0.5) is 4.79 Å². The topological polar surface area (TPSA) is 46.5 Å². The lowest BCUT2D eigenvalue weighted by Crippen LogP contribution is -2.68. The maximum Gasteiger partial charge on any atom is 0.407 e. The van der Waals surface area contributed by atoms with Crippen LogP contribution in [0.3, 0.4) is 0 Å². The minimum atomic E-state index is -0.350. The van der Waals surface area contributed by atoms with E-state index in [9.17, 15) is 4.79 Å². The molecular weight excluding hydrogens is 410 g/mol. The summed E-state index contributed by atoms with van der Waals surface area (Å²) in [6, 6.07) is 16.6. The van der Waals surface area contributed by atoms with E-state index >= 15 is 0 Å². The number of nitrogens with zero attached hydrogens (tertiary/aromatic N) is 2. The molecule has 1 N–H and O–H groups in total. The zero-order valence-corrected chi connectivity index (χ0v) is 20.4. The van der Waals surface area contributed by atoms with Crippen molar-refractivity contribution in [2.24, 2.45) is 12.5 Å². The molecule has 0 radical (unpaired) electrons. The lowest BCUT2D eigenvalue weighted by atomic mass is 9.52. The number of likely N-dealkylation sites (N-methyl/N-ethyl adjacent to an activating group) is 1. The van der Waals surface area contributed by atoms with Gasteiger partial charge in [-0.1, -0.05) is 56.3 Å². The second-order valence-corrected chi connectivity index (χ2v) is 11.0. The summed E-state index contributed by atoms with van der Waals surface area (Å²) < 4.78 is 7.74. The van der Waals surface area contributed by atoms with Crippen molar-refractivity contribution in [2.45, 2.75) is 51.2 Å². The molecule has 2 aromatic carbocycles. The molecule has 5 heteroatoms. The summed E-state index contributed by atoms with van der Waals surface area (Å²) in [5.41, 5.74) is 5.11. The van der Waals surface area contributed by atoms with Gasteiger partial charge in [-0.2, -0.15) is 0 Å². The fourth-order valence-electron chi connectivity index (χ4n) is 6.67. The summed E-state index contributed by atoms with van der Waals surface area (Å²) >= 11 is 0. The Morgan fingerprint density at radius 1 is 1.06 bits per heavy atom. The third-order valence-electron chi connectivity index (χ3n) is 8.52. The number of aryl methyl sites for hydroxylation is 1. The number of nitrogens with one attached hydrogen (secondary N) is 1. The van der Waals surface area contributed by atoms with Gasteiger partial charge in [0.15, 0.2) is 0 Å². The van der Waals surface area contributed by atoms with Crippen molar-refractivity contribution in [3.05, 3.63) is 71.4 Å². The van der Waals surface area contributed by atoms with Crippen molar-refractivity contribution in [3.63, 3.8) is 0 Å². The number of carbonyl (C=O) groups is 1. The molecule has 1 aliphatic carbocycles. The number of ether oxygens (including phenoxy) is 1. The quantitative estimate of drug-likeness (QED) is 0.613. The van der Waals surface area contributed by atoms with Crippen molar-refractivity contribution in [2.75, 3.05) is 20.1 Å². The Labute approximate surface area is 196 Å². The van der Waals surface area contributed by atoms with Gasteiger partial charge in [0.1, 0.15) is 6.61 Å². The minimum absolute atomic E-state index is 0.0168. The highest BCUT2D eigenvalue weighted by Crippen LogP contribution is 2.57. The molecule has 1 fully saturated rings. The summed E-state index contributed by atoms with van der Waals surface area (Å²) in [6.45, 7) is 8.96. The van der Waals surface area contributed by atoms with Crippen molar-refractivity contribution < 1.29 is 9.53 Å². The first-order chi connectivity index (χ1) is 15.7. The Kier molecular flexibility index (Phi) is 5.09. The van der Waals surface area contributed by atoms with E-state index in [0.717, 1.165) is 24.9 Å². The van der Waals surface area contributed by atoms with Crippen LogP contribution in [0.5, 0.6) is 0 Å². The maximum absolute atomic E-state index is 12.5. The van der Waals surface area contributed by atoms with Crippen LogP contribution in [0.15, 0.2) is 54.7 Å². The normalized spacial score (nSPS) is 29.0. The van der Waals surface area contributed by atoms with Gasteiger partial charge < -0.3 is 14.6 Å². The van der Waals surface area contributed by atoms with E-state index < -0.39 is 0 Å². The number of benzene rings is 2. The van der Waals surface area contributed by atoms with E-state index in [1.54, 1.807) is 0 Å². The van der Waals surface area contributed by atoms with Crippen LogP contribution >= 0.6 is 0 Å². The number of piperidine rings is 1. The molecular formula is C28H35N3O2. The predicted molar refractivity (Wildman–Crippen MR) is 132 cm³/mol. The molecule has 0 unspecified atom stereocenters. The van der Waals surface area contributed by atoms with Crippen molar-refractivity contribution >= 4 is 17.0 Å². The number of aromatic nitrogens is 1. The first-order valence-electron chi connectivity index (χ1n) is 11.9. The highest BCUT2D eigenvalue weighted by molar-refractivity contribution is 5.90. The van der Waals surface area contributed by atoms with Crippen LogP contribution in [0.25, 0.3) is 10.9 Å². The molecule has 1 amide bonds. The number of likely N-dealkylation sites (tertiary alicyclic amines) is 1. The molecule has 5 nitrogen and oxygen atoms in total. The molecule has 5 rings (SSSR count). The van der Waals surface area contributed by atoms with Gasteiger partial charge in [-0.3, -0.25) is 4.90 Å². The maximum atomic E-state index is 12.5. The Bertz CT molecular complexity index is 1200. The van der Waals surface area contributed by atoms with Gasteiger partial charge >= 0.3 is 6.09 Å². The number of carbonyl (C=O) groups excluding carboxylic acids is 1. The molecule has 2 aliphatic rings.